The number of furan rings is 1. The molecule has 1 aromatic rings. The summed E-state index contributed by atoms with van der Waals surface area (Å²) >= 11 is 0. The third kappa shape index (κ3) is 3.81. The summed E-state index contributed by atoms with van der Waals surface area (Å²) in [6.45, 7) is 4.76. The van der Waals surface area contributed by atoms with E-state index in [0.29, 0.717) is 24.7 Å². The van der Waals surface area contributed by atoms with Crippen LogP contribution in [-0.2, 0) is 21.3 Å². The van der Waals surface area contributed by atoms with Crippen LogP contribution < -0.4 is 10.5 Å². The molecule has 0 atom stereocenters. The van der Waals surface area contributed by atoms with Crippen molar-refractivity contribution >= 4 is 10.0 Å². The van der Waals surface area contributed by atoms with Gasteiger partial charge in [-0.1, -0.05) is 0 Å². The van der Waals surface area contributed by atoms with Gasteiger partial charge >= 0.3 is 0 Å². The quantitative estimate of drug-likeness (QED) is 0.692. The van der Waals surface area contributed by atoms with Crippen LogP contribution >= 0.6 is 0 Å². The van der Waals surface area contributed by atoms with Crippen LogP contribution in [0.15, 0.2) is 15.4 Å². The Kier molecular flexibility index (Phi) is 5.13. The third-order valence-corrected chi connectivity index (χ3v) is 3.73. The Balaban J connectivity index is 2.72. The zero-order chi connectivity index (χ0) is 12.9. The Morgan fingerprint density at radius 1 is 1.53 bits per heavy atom. The summed E-state index contributed by atoms with van der Waals surface area (Å²) in [5.74, 6) is 0.794. The molecular formula is C10H18N2O4S. The highest BCUT2D eigenvalue weighted by molar-refractivity contribution is 7.89. The average Bonchev–Trinajstić information content (AvgIpc) is 2.67. The molecule has 6 nitrogen and oxygen atoms in total. The third-order valence-electron chi connectivity index (χ3n) is 2.16. The van der Waals surface area contributed by atoms with Gasteiger partial charge < -0.3 is 14.9 Å². The Morgan fingerprint density at radius 2 is 2.24 bits per heavy atom. The molecule has 0 saturated heterocycles. The van der Waals surface area contributed by atoms with E-state index in [0.717, 1.165) is 0 Å². The Labute approximate surface area is 101 Å². The molecule has 0 fully saturated rings. The van der Waals surface area contributed by atoms with Gasteiger partial charge in [0.05, 0.1) is 13.2 Å². The van der Waals surface area contributed by atoms with E-state index in [2.05, 4.69) is 4.72 Å². The highest BCUT2D eigenvalue weighted by atomic mass is 32.2. The predicted molar refractivity (Wildman–Crippen MR) is 63.0 cm³/mol. The lowest BCUT2D eigenvalue weighted by molar-refractivity contribution is 0.153. The summed E-state index contributed by atoms with van der Waals surface area (Å²) in [6.07, 6.45) is 0. The summed E-state index contributed by atoms with van der Waals surface area (Å²) in [5.41, 5.74) is 5.39. The lowest BCUT2D eigenvalue weighted by Gasteiger charge is -2.05. The first-order chi connectivity index (χ1) is 8.01. The number of nitrogens with two attached hydrogens (primary N) is 1. The second-order valence-corrected chi connectivity index (χ2v) is 5.17. The van der Waals surface area contributed by atoms with Crippen molar-refractivity contribution in [1.29, 1.82) is 0 Å². The van der Waals surface area contributed by atoms with Crippen molar-refractivity contribution in [3.05, 3.63) is 17.6 Å². The molecular weight excluding hydrogens is 244 g/mol. The van der Waals surface area contributed by atoms with Crippen molar-refractivity contribution in [3.8, 4) is 0 Å². The highest BCUT2D eigenvalue weighted by Gasteiger charge is 2.20. The van der Waals surface area contributed by atoms with Gasteiger partial charge in [-0.3, -0.25) is 0 Å². The fraction of sp³-hybridized carbons (Fsp3) is 0.600. The Hall–Kier alpha value is -0.890. The molecule has 1 rings (SSSR count). The largest absolute Gasteiger partial charge is 0.464 e. The van der Waals surface area contributed by atoms with Gasteiger partial charge in [-0.25, -0.2) is 13.1 Å². The summed E-state index contributed by atoms with van der Waals surface area (Å²) in [7, 11) is -3.54. The topological polar surface area (TPSA) is 94.6 Å². The minimum Gasteiger partial charge on any atom is -0.464 e. The normalized spacial score (nSPS) is 11.9. The maximum Gasteiger partial charge on any atom is 0.244 e. The summed E-state index contributed by atoms with van der Waals surface area (Å²) in [4.78, 5) is 0.134. The molecule has 0 radical (unpaired) electrons. The molecule has 0 aliphatic heterocycles. The van der Waals surface area contributed by atoms with Gasteiger partial charge in [0.15, 0.2) is 0 Å². The first-order valence-electron chi connectivity index (χ1n) is 5.38. The number of nitrogens with one attached hydrogen (secondary N) is 1. The van der Waals surface area contributed by atoms with Crippen LogP contribution in [0.25, 0.3) is 0 Å². The highest BCUT2D eigenvalue weighted by Crippen LogP contribution is 2.19. The zero-order valence-electron chi connectivity index (χ0n) is 10.0. The van der Waals surface area contributed by atoms with Crippen molar-refractivity contribution in [1.82, 2.24) is 4.72 Å². The first kappa shape index (κ1) is 14.2. The summed E-state index contributed by atoms with van der Waals surface area (Å²) in [5, 5.41) is 0. The van der Waals surface area contributed by atoms with E-state index in [4.69, 9.17) is 14.9 Å². The van der Waals surface area contributed by atoms with Crippen molar-refractivity contribution in [3.63, 3.8) is 0 Å². The Bertz CT molecular complexity index is 453. The molecule has 0 aliphatic carbocycles. The molecule has 0 saturated carbocycles. The molecule has 0 aromatic carbocycles. The SMILES string of the molecule is CCOCCNS(=O)(=O)c1cc(CN)oc1C. The van der Waals surface area contributed by atoms with Gasteiger partial charge in [0.1, 0.15) is 16.4 Å². The van der Waals surface area contributed by atoms with Crippen LogP contribution in [0.4, 0.5) is 0 Å². The minimum atomic E-state index is -3.54. The molecule has 3 N–H and O–H groups in total. The number of rotatable bonds is 7. The van der Waals surface area contributed by atoms with Crippen LogP contribution in [0, 0.1) is 6.92 Å². The van der Waals surface area contributed by atoms with E-state index < -0.39 is 10.0 Å². The number of sulfonamides is 1. The molecule has 0 unspecified atom stereocenters. The average molecular weight is 262 g/mol. The van der Waals surface area contributed by atoms with Gasteiger partial charge in [-0.2, -0.15) is 0 Å². The zero-order valence-corrected chi connectivity index (χ0v) is 10.8. The number of ether oxygens (including phenoxy) is 1. The van der Waals surface area contributed by atoms with Gasteiger partial charge in [-0.05, 0) is 13.8 Å². The molecule has 7 heteroatoms. The molecule has 1 aromatic heterocycles. The standard InChI is InChI=1S/C10H18N2O4S/c1-3-15-5-4-12-17(13,14)10-6-9(7-11)16-8(10)2/h6,12H,3-5,7,11H2,1-2H3. The van der Waals surface area contributed by atoms with E-state index in [-0.39, 0.29) is 18.0 Å². The Morgan fingerprint density at radius 3 is 2.76 bits per heavy atom. The van der Waals surface area contributed by atoms with E-state index in [1.807, 2.05) is 6.92 Å². The van der Waals surface area contributed by atoms with E-state index in [1.165, 1.54) is 6.07 Å². The van der Waals surface area contributed by atoms with Crippen molar-refractivity contribution < 1.29 is 17.6 Å². The lowest BCUT2D eigenvalue weighted by Crippen LogP contribution is -2.27. The number of hydrogen-bond acceptors (Lipinski definition) is 5. The fourth-order valence-corrected chi connectivity index (χ4v) is 2.58. The van der Waals surface area contributed by atoms with Gasteiger partial charge in [0.25, 0.3) is 0 Å². The number of aryl methyl sites for hydroxylation is 1. The first-order valence-corrected chi connectivity index (χ1v) is 6.86. The molecule has 17 heavy (non-hydrogen) atoms. The van der Waals surface area contributed by atoms with E-state index >= 15 is 0 Å². The lowest BCUT2D eigenvalue weighted by atomic mass is 10.4. The second kappa shape index (κ2) is 6.15. The van der Waals surface area contributed by atoms with Crippen molar-refractivity contribution in [2.45, 2.75) is 25.3 Å². The van der Waals surface area contributed by atoms with Crippen molar-refractivity contribution in [2.75, 3.05) is 19.8 Å². The van der Waals surface area contributed by atoms with E-state index in [9.17, 15) is 8.42 Å². The minimum absolute atomic E-state index is 0.134. The van der Waals surface area contributed by atoms with Gasteiger partial charge in [0.2, 0.25) is 10.0 Å². The molecule has 0 spiro atoms. The fourth-order valence-electron chi connectivity index (χ4n) is 1.36. The number of hydrogen-bond donors (Lipinski definition) is 2. The maximum absolute atomic E-state index is 11.9. The van der Waals surface area contributed by atoms with Crippen LogP contribution in [-0.4, -0.2) is 28.2 Å². The molecule has 0 amide bonds. The van der Waals surface area contributed by atoms with Gasteiger partial charge in [0, 0.05) is 19.2 Å². The predicted octanol–water partition coefficient (Wildman–Crippen LogP) is 0.362. The van der Waals surface area contributed by atoms with Crippen LogP contribution in [0.3, 0.4) is 0 Å². The smallest absolute Gasteiger partial charge is 0.244 e. The van der Waals surface area contributed by atoms with Crippen LogP contribution in [0.5, 0.6) is 0 Å². The monoisotopic (exact) mass is 262 g/mol. The van der Waals surface area contributed by atoms with Crippen LogP contribution in [0.2, 0.25) is 0 Å². The van der Waals surface area contributed by atoms with Crippen LogP contribution in [0.1, 0.15) is 18.4 Å². The molecule has 98 valence electrons. The second-order valence-electron chi connectivity index (χ2n) is 3.43. The summed E-state index contributed by atoms with van der Waals surface area (Å²) in [6, 6.07) is 1.44. The van der Waals surface area contributed by atoms with Gasteiger partial charge in [-0.15, -0.1) is 0 Å². The maximum atomic E-state index is 11.9. The van der Waals surface area contributed by atoms with Crippen molar-refractivity contribution in [2.24, 2.45) is 5.73 Å². The molecule has 0 bridgehead atoms. The molecule has 1 heterocycles. The molecule has 0 aliphatic rings. The summed E-state index contributed by atoms with van der Waals surface area (Å²) < 4.78 is 36.4. The van der Waals surface area contributed by atoms with E-state index in [1.54, 1.807) is 6.92 Å².